The van der Waals surface area contributed by atoms with E-state index in [-0.39, 0.29) is 17.2 Å². The molecule has 1 saturated carbocycles. The zero-order valence-corrected chi connectivity index (χ0v) is 20.6. The Kier molecular flexibility index (Phi) is 6.68. The maximum atomic E-state index is 13.2. The largest absolute Gasteiger partial charge is 0.489 e. The summed E-state index contributed by atoms with van der Waals surface area (Å²) >= 11 is 0. The van der Waals surface area contributed by atoms with E-state index < -0.39 is 0 Å². The first-order valence-electron chi connectivity index (χ1n) is 12.3. The van der Waals surface area contributed by atoms with E-state index in [4.69, 9.17) is 4.74 Å². The van der Waals surface area contributed by atoms with Crippen molar-refractivity contribution in [2.24, 2.45) is 11.0 Å². The lowest BCUT2D eigenvalue weighted by Gasteiger charge is -2.19. The van der Waals surface area contributed by atoms with Crippen molar-refractivity contribution in [2.45, 2.75) is 32.3 Å². The molecule has 5 rings (SSSR count). The van der Waals surface area contributed by atoms with Gasteiger partial charge < -0.3 is 4.74 Å². The maximum Gasteiger partial charge on any atom is 0.244 e. The Labute approximate surface area is 212 Å². The van der Waals surface area contributed by atoms with Crippen LogP contribution in [0.1, 0.15) is 39.8 Å². The van der Waals surface area contributed by atoms with E-state index >= 15 is 0 Å². The molecule has 0 bridgehead atoms. The van der Waals surface area contributed by atoms with E-state index in [0.717, 1.165) is 23.3 Å². The molecule has 1 amide bonds. The third-order valence-electron chi connectivity index (χ3n) is 6.86. The van der Waals surface area contributed by atoms with Gasteiger partial charge in [0.2, 0.25) is 5.91 Å². The number of nitrogens with zero attached hydrogens (tertiary/aromatic N) is 1. The van der Waals surface area contributed by atoms with E-state index in [0.29, 0.717) is 6.61 Å². The van der Waals surface area contributed by atoms with Gasteiger partial charge in [0.15, 0.2) is 0 Å². The van der Waals surface area contributed by atoms with Crippen LogP contribution in [0.5, 0.6) is 5.75 Å². The summed E-state index contributed by atoms with van der Waals surface area (Å²) in [5, 5.41) is 4.25. The van der Waals surface area contributed by atoms with Crippen LogP contribution in [0.4, 0.5) is 0 Å². The molecule has 4 aromatic carbocycles. The average Bonchev–Trinajstić information content (AvgIpc) is 3.66. The molecular weight excluding hydrogens is 444 g/mol. The average molecular weight is 475 g/mol. The molecule has 4 heteroatoms. The number of rotatable bonds is 8. The number of carbonyl (C=O) groups excluding carboxylic acids is 1. The number of hydrogen-bond donors (Lipinski definition) is 1. The van der Waals surface area contributed by atoms with Crippen LogP contribution in [-0.2, 0) is 16.8 Å². The molecule has 0 aliphatic heterocycles. The fourth-order valence-corrected chi connectivity index (χ4v) is 4.87. The van der Waals surface area contributed by atoms with Gasteiger partial charge in [0.1, 0.15) is 12.4 Å². The summed E-state index contributed by atoms with van der Waals surface area (Å²) in [6, 6.07) is 34.7. The van der Waals surface area contributed by atoms with Crippen molar-refractivity contribution in [2.75, 3.05) is 0 Å². The first-order valence-corrected chi connectivity index (χ1v) is 12.3. The molecule has 1 atom stereocenters. The number of amides is 1. The highest BCUT2D eigenvalue weighted by molar-refractivity contribution is 5.87. The van der Waals surface area contributed by atoms with Gasteiger partial charge in [-0.25, -0.2) is 5.43 Å². The second kappa shape index (κ2) is 10.2. The second-order valence-corrected chi connectivity index (χ2v) is 9.54. The van der Waals surface area contributed by atoms with E-state index in [9.17, 15) is 4.79 Å². The topological polar surface area (TPSA) is 50.7 Å². The normalized spacial score (nSPS) is 16.0. The van der Waals surface area contributed by atoms with Crippen molar-refractivity contribution < 1.29 is 9.53 Å². The van der Waals surface area contributed by atoms with Crippen molar-refractivity contribution in [3.8, 4) is 5.75 Å². The summed E-state index contributed by atoms with van der Waals surface area (Å²) in [5.41, 5.74) is 9.24. The van der Waals surface area contributed by atoms with E-state index in [1.165, 1.54) is 22.3 Å². The zero-order valence-electron chi connectivity index (χ0n) is 20.6. The highest BCUT2D eigenvalue weighted by atomic mass is 16.5. The summed E-state index contributed by atoms with van der Waals surface area (Å²) in [4.78, 5) is 13.2. The van der Waals surface area contributed by atoms with Gasteiger partial charge in [-0.3, -0.25) is 4.79 Å². The lowest BCUT2D eigenvalue weighted by molar-refractivity contribution is -0.122. The molecule has 0 saturated heterocycles. The van der Waals surface area contributed by atoms with Crippen molar-refractivity contribution in [3.05, 3.63) is 137 Å². The van der Waals surface area contributed by atoms with Gasteiger partial charge in [-0.05, 0) is 66.8 Å². The van der Waals surface area contributed by atoms with Gasteiger partial charge >= 0.3 is 0 Å². The van der Waals surface area contributed by atoms with Crippen LogP contribution in [0, 0.1) is 19.8 Å². The van der Waals surface area contributed by atoms with Gasteiger partial charge in [-0.2, -0.15) is 5.10 Å². The van der Waals surface area contributed by atoms with E-state index in [1.54, 1.807) is 6.21 Å². The number of ether oxygens (including phenoxy) is 1. The molecule has 0 heterocycles. The van der Waals surface area contributed by atoms with Gasteiger partial charge in [-0.1, -0.05) is 90.0 Å². The van der Waals surface area contributed by atoms with Crippen LogP contribution in [0.3, 0.4) is 0 Å². The fourth-order valence-electron chi connectivity index (χ4n) is 4.87. The monoisotopic (exact) mass is 474 g/mol. The van der Waals surface area contributed by atoms with Crippen LogP contribution >= 0.6 is 0 Å². The summed E-state index contributed by atoms with van der Waals surface area (Å²) in [7, 11) is 0. The van der Waals surface area contributed by atoms with Crippen LogP contribution in [-0.4, -0.2) is 12.1 Å². The molecule has 0 spiro atoms. The van der Waals surface area contributed by atoms with E-state index in [1.807, 2.05) is 54.6 Å². The molecule has 1 fully saturated rings. The maximum absolute atomic E-state index is 13.2. The van der Waals surface area contributed by atoms with Crippen LogP contribution in [0.25, 0.3) is 0 Å². The standard InChI is InChI=1S/C32H30N2O2/c1-23-8-6-12-27(18-23)32(28-13-7-9-24(2)19-28)20-30(32)31(35)34-33-21-25-14-16-29(17-15-25)36-22-26-10-4-3-5-11-26/h3-19,21,30H,20,22H2,1-2H3,(H,34,35)/b33-21-/t30-/m0/s1. The molecular formula is C32H30N2O2. The summed E-state index contributed by atoms with van der Waals surface area (Å²) < 4.78 is 5.84. The first kappa shape index (κ1) is 23.6. The molecule has 1 aliphatic rings. The SMILES string of the molecule is Cc1cccc(C2(c3cccc(C)c3)C[C@H]2C(=O)N/N=C\c2ccc(OCc3ccccc3)cc2)c1. The second-order valence-electron chi connectivity index (χ2n) is 9.54. The van der Waals surface area contributed by atoms with Crippen LogP contribution < -0.4 is 10.2 Å². The molecule has 0 radical (unpaired) electrons. The number of hydrogen-bond acceptors (Lipinski definition) is 3. The molecule has 1 aliphatic carbocycles. The van der Waals surface area contributed by atoms with Gasteiger partial charge in [0, 0.05) is 5.41 Å². The number of nitrogens with one attached hydrogen (secondary N) is 1. The minimum atomic E-state index is -0.310. The number of carbonyl (C=O) groups is 1. The number of aryl methyl sites for hydroxylation is 2. The smallest absolute Gasteiger partial charge is 0.244 e. The number of benzene rings is 4. The summed E-state index contributed by atoms with van der Waals surface area (Å²) in [6.07, 6.45) is 2.44. The quantitative estimate of drug-likeness (QED) is 0.239. The minimum Gasteiger partial charge on any atom is -0.489 e. The lowest BCUT2D eigenvalue weighted by Crippen LogP contribution is -2.25. The van der Waals surface area contributed by atoms with Crippen molar-refractivity contribution in [1.29, 1.82) is 0 Å². The summed E-state index contributed by atoms with van der Waals surface area (Å²) in [6.45, 7) is 4.70. The predicted molar refractivity (Wildman–Crippen MR) is 144 cm³/mol. The molecule has 180 valence electrons. The molecule has 36 heavy (non-hydrogen) atoms. The minimum absolute atomic E-state index is 0.0583. The lowest BCUT2D eigenvalue weighted by atomic mass is 9.84. The third-order valence-corrected chi connectivity index (χ3v) is 6.86. The van der Waals surface area contributed by atoms with Crippen molar-refractivity contribution in [3.63, 3.8) is 0 Å². The van der Waals surface area contributed by atoms with Crippen LogP contribution in [0.2, 0.25) is 0 Å². The Morgan fingerprint density at radius 1 is 0.889 bits per heavy atom. The first-order chi connectivity index (χ1) is 17.5. The van der Waals surface area contributed by atoms with Gasteiger partial charge in [0.05, 0.1) is 12.1 Å². The molecule has 0 aromatic heterocycles. The highest BCUT2D eigenvalue weighted by Crippen LogP contribution is 2.59. The predicted octanol–water partition coefficient (Wildman–Crippen LogP) is 6.34. The van der Waals surface area contributed by atoms with Crippen LogP contribution in [0.15, 0.2) is 108 Å². The number of hydrazone groups is 1. The Bertz CT molecular complexity index is 1330. The molecule has 1 N–H and O–H groups in total. The fraction of sp³-hybridized carbons (Fsp3) is 0.188. The third kappa shape index (κ3) is 5.08. The Hall–Kier alpha value is -4.18. The van der Waals surface area contributed by atoms with E-state index in [2.05, 4.69) is 72.9 Å². The zero-order chi connectivity index (χ0) is 25.0. The molecule has 4 aromatic rings. The Morgan fingerprint density at radius 3 is 2.14 bits per heavy atom. The Balaban J connectivity index is 1.24. The van der Waals surface area contributed by atoms with Gasteiger partial charge in [0.25, 0.3) is 0 Å². The molecule has 4 nitrogen and oxygen atoms in total. The molecule has 0 unspecified atom stereocenters. The highest BCUT2D eigenvalue weighted by Gasteiger charge is 2.60. The Morgan fingerprint density at radius 2 is 1.53 bits per heavy atom. The van der Waals surface area contributed by atoms with Crippen molar-refractivity contribution in [1.82, 2.24) is 5.43 Å². The van der Waals surface area contributed by atoms with Gasteiger partial charge in [-0.15, -0.1) is 0 Å². The van der Waals surface area contributed by atoms with Crippen molar-refractivity contribution >= 4 is 12.1 Å². The summed E-state index contributed by atoms with van der Waals surface area (Å²) in [5.74, 6) is 0.572.